The van der Waals surface area contributed by atoms with E-state index in [0.717, 1.165) is 36.5 Å². The molecule has 100 valence electrons. The lowest BCUT2D eigenvalue weighted by atomic mass is 10.1. The molecule has 1 aromatic carbocycles. The molecule has 18 heavy (non-hydrogen) atoms. The van der Waals surface area contributed by atoms with E-state index in [2.05, 4.69) is 27.8 Å². The molecule has 3 nitrogen and oxygen atoms in total. The molecule has 0 aromatic heterocycles. The summed E-state index contributed by atoms with van der Waals surface area (Å²) >= 11 is 3.41. The van der Waals surface area contributed by atoms with Gasteiger partial charge in [0.15, 0.2) is 0 Å². The molecule has 4 heteroatoms. The van der Waals surface area contributed by atoms with Crippen molar-refractivity contribution in [2.45, 2.75) is 19.4 Å². The minimum Gasteiger partial charge on any atom is -0.492 e. The number of hydrogen-bond acceptors (Lipinski definition) is 3. The van der Waals surface area contributed by atoms with Crippen molar-refractivity contribution in [1.82, 2.24) is 4.90 Å². The average Bonchev–Trinajstić information content (AvgIpc) is 2.73. The van der Waals surface area contributed by atoms with Crippen LogP contribution in [0.1, 0.15) is 13.3 Å². The Morgan fingerprint density at radius 3 is 2.72 bits per heavy atom. The maximum Gasteiger partial charge on any atom is 0.119 e. The molecule has 1 heterocycles. The van der Waals surface area contributed by atoms with Gasteiger partial charge in [0.1, 0.15) is 12.4 Å². The molecule has 0 radical (unpaired) electrons. The summed E-state index contributed by atoms with van der Waals surface area (Å²) in [6.07, 6.45) is 1.22. The molecule has 1 aliphatic heterocycles. The van der Waals surface area contributed by atoms with Crippen LogP contribution in [0.3, 0.4) is 0 Å². The van der Waals surface area contributed by atoms with E-state index < -0.39 is 0 Å². The van der Waals surface area contributed by atoms with Crippen molar-refractivity contribution >= 4 is 15.9 Å². The third-order valence-corrected chi connectivity index (χ3v) is 4.11. The molecule has 1 aliphatic rings. The minimum absolute atomic E-state index is 0.632. The van der Waals surface area contributed by atoms with Gasteiger partial charge in [-0.05, 0) is 50.1 Å². The Morgan fingerprint density at radius 2 is 2.11 bits per heavy atom. The van der Waals surface area contributed by atoms with E-state index in [-0.39, 0.29) is 0 Å². The van der Waals surface area contributed by atoms with Crippen LogP contribution in [0.4, 0.5) is 0 Å². The van der Waals surface area contributed by atoms with Crippen LogP contribution in [-0.2, 0) is 0 Å². The van der Waals surface area contributed by atoms with Gasteiger partial charge in [-0.2, -0.15) is 0 Å². The molecule has 2 rings (SSSR count). The average molecular weight is 313 g/mol. The molecule has 0 bridgehead atoms. The summed E-state index contributed by atoms with van der Waals surface area (Å²) in [5.74, 6) is 1.59. The lowest BCUT2D eigenvalue weighted by molar-refractivity contribution is 0.202. The van der Waals surface area contributed by atoms with Gasteiger partial charge in [0.25, 0.3) is 0 Å². The highest BCUT2D eigenvalue weighted by Crippen LogP contribution is 2.22. The Bertz CT molecular complexity index is 369. The molecule has 1 saturated heterocycles. The number of ether oxygens (including phenoxy) is 1. The van der Waals surface area contributed by atoms with Gasteiger partial charge in [0.2, 0.25) is 0 Å². The molecule has 2 N–H and O–H groups in total. The van der Waals surface area contributed by atoms with Crippen LogP contribution >= 0.6 is 15.9 Å². The SMILES string of the molecule is CC1CC(CN)CN1CCOc1ccc(Br)cc1. The zero-order valence-electron chi connectivity index (χ0n) is 10.8. The predicted molar refractivity (Wildman–Crippen MR) is 77.8 cm³/mol. The fourth-order valence-corrected chi connectivity index (χ4v) is 2.78. The molecule has 1 fully saturated rings. The highest BCUT2D eigenvalue weighted by Gasteiger charge is 2.27. The lowest BCUT2D eigenvalue weighted by Gasteiger charge is -2.20. The van der Waals surface area contributed by atoms with Crippen molar-refractivity contribution < 1.29 is 4.74 Å². The van der Waals surface area contributed by atoms with Gasteiger partial charge in [-0.15, -0.1) is 0 Å². The monoisotopic (exact) mass is 312 g/mol. The lowest BCUT2D eigenvalue weighted by Crippen LogP contribution is -2.32. The van der Waals surface area contributed by atoms with E-state index in [1.165, 1.54) is 6.42 Å². The second-order valence-electron chi connectivity index (χ2n) is 4.98. The number of nitrogens with two attached hydrogens (primary N) is 1. The van der Waals surface area contributed by atoms with Gasteiger partial charge in [-0.3, -0.25) is 4.90 Å². The van der Waals surface area contributed by atoms with Crippen LogP contribution in [0, 0.1) is 5.92 Å². The number of benzene rings is 1. The van der Waals surface area contributed by atoms with Gasteiger partial charge >= 0.3 is 0 Å². The number of nitrogens with zero attached hydrogens (tertiary/aromatic N) is 1. The molecule has 0 saturated carbocycles. The highest BCUT2D eigenvalue weighted by atomic mass is 79.9. The van der Waals surface area contributed by atoms with Gasteiger partial charge in [-0.25, -0.2) is 0 Å². The maximum atomic E-state index is 5.75. The summed E-state index contributed by atoms with van der Waals surface area (Å²) in [6, 6.07) is 8.60. The van der Waals surface area contributed by atoms with Crippen molar-refractivity contribution in [2.24, 2.45) is 11.7 Å². The van der Waals surface area contributed by atoms with Crippen LogP contribution in [0.5, 0.6) is 5.75 Å². The fourth-order valence-electron chi connectivity index (χ4n) is 2.51. The first-order valence-electron chi connectivity index (χ1n) is 6.51. The molecule has 1 aromatic rings. The molecule has 2 atom stereocenters. The van der Waals surface area contributed by atoms with Crippen LogP contribution in [0.15, 0.2) is 28.7 Å². The predicted octanol–water partition coefficient (Wildman–Crippen LogP) is 2.50. The Kier molecular flexibility index (Phi) is 5.03. The summed E-state index contributed by atoms with van der Waals surface area (Å²) in [5.41, 5.74) is 5.73. The van der Waals surface area contributed by atoms with Gasteiger partial charge in [-0.1, -0.05) is 15.9 Å². The van der Waals surface area contributed by atoms with Gasteiger partial charge in [0, 0.05) is 23.6 Å². The first-order chi connectivity index (χ1) is 8.69. The Balaban J connectivity index is 1.74. The van der Waals surface area contributed by atoms with Crippen LogP contribution in [0.2, 0.25) is 0 Å². The molecular weight excluding hydrogens is 292 g/mol. The van der Waals surface area contributed by atoms with Crippen molar-refractivity contribution in [3.63, 3.8) is 0 Å². The third kappa shape index (κ3) is 3.70. The maximum absolute atomic E-state index is 5.75. The summed E-state index contributed by atoms with van der Waals surface area (Å²) in [7, 11) is 0. The number of halogens is 1. The summed E-state index contributed by atoms with van der Waals surface area (Å²) in [5, 5.41) is 0. The minimum atomic E-state index is 0.632. The van der Waals surface area contributed by atoms with E-state index >= 15 is 0 Å². The zero-order valence-corrected chi connectivity index (χ0v) is 12.4. The Morgan fingerprint density at radius 1 is 1.39 bits per heavy atom. The smallest absolute Gasteiger partial charge is 0.119 e. The summed E-state index contributed by atoms with van der Waals surface area (Å²) < 4.78 is 6.82. The molecule has 0 spiro atoms. The Hall–Kier alpha value is -0.580. The first-order valence-corrected chi connectivity index (χ1v) is 7.31. The van der Waals surface area contributed by atoms with Crippen molar-refractivity contribution in [3.05, 3.63) is 28.7 Å². The normalized spacial score (nSPS) is 24.4. The van der Waals surface area contributed by atoms with E-state index in [9.17, 15) is 0 Å². The highest BCUT2D eigenvalue weighted by molar-refractivity contribution is 9.10. The Labute approximate surface area is 117 Å². The van der Waals surface area contributed by atoms with Crippen molar-refractivity contribution in [1.29, 1.82) is 0 Å². The number of rotatable bonds is 5. The van der Waals surface area contributed by atoms with Gasteiger partial charge in [0.05, 0.1) is 0 Å². The molecule has 2 unspecified atom stereocenters. The first kappa shape index (κ1) is 13.8. The standard InChI is InChI=1S/C14H21BrN2O/c1-11-8-12(9-16)10-17(11)6-7-18-14-4-2-13(15)3-5-14/h2-5,11-12H,6-10,16H2,1H3. The van der Waals surface area contributed by atoms with E-state index in [4.69, 9.17) is 10.5 Å². The number of likely N-dealkylation sites (tertiary alicyclic amines) is 1. The van der Waals surface area contributed by atoms with Crippen molar-refractivity contribution in [2.75, 3.05) is 26.2 Å². The topological polar surface area (TPSA) is 38.5 Å². The fraction of sp³-hybridized carbons (Fsp3) is 0.571. The van der Waals surface area contributed by atoms with Crippen LogP contribution in [0.25, 0.3) is 0 Å². The van der Waals surface area contributed by atoms with E-state index in [1.807, 2.05) is 24.3 Å². The van der Waals surface area contributed by atoms with Gasteiger partial charge < -0.3 is 10.5 Å². The van der Waals surface area contributed by atoms with Crippen LogP contribution < -0.4 is 10.5 Å². The number of hydrogen-bond donors (Lipinski definition) is 1. The second-order valence-corrected chi connectivity index (χ2v) is 5.90. The summed E-state index contributed by atoms with van der Waals surface area (Å²) in [6.45, 7) is 5.90. The third-order valence-electron chi connectivity index (χ3n) is 3.58. The second kappa shape index (κ2) is 6.55. The summed E-state index contributed by atoms with van der Waals surface area (Å²) in [4.78, 5) is 2.47. The molecule has 0 amide bonds. The zero-order chi connectivity index (χ0) is 13.0. The molecule has 0 aliphatic carbocycles. The largest absolute Gasteiger partial charge is 0.492 e. The van der Waals surface area contributed by atoms with Crippen LogP contribution in [-0.4, -0.2) is 37.2 Å². The van der Waals surface area contributed by atoms with Crippen molar-refractivity contribution in [3.8, 4) is 5.75 Å². The van der Waals surface area contributed by atoms with E-state index in [1.54, 1.807) is 0 Å². The van der Waals surface area contributed by atoms with E-state index in [0.29, 0.717) is 12.0 Å². The molecular formula is C14H21BrN2O. The quantitative estimate of drug-likeness (QED) is 0.908.